The molecule has 2 N–H and O–H groups in total. The van der Waals surface area contributed by atoms with Crippen LogP contribution in [0.25, 0.3) is 0 Å². The predicted octanol–water partition coefficient (Wildman–Crippen LogP) is 2.74. The van der Waals surface area contributed by atoms with Gasteiger partial charge in [0.05, 0.1) is 5.01 Å². The van der Waals surface area contributed by atoms with Gasteiger partial charge < -0.3 is 5.73 Å². The summed E-state index contributed by atoms with van der Waals surface area (Å²) >= 11 is 1.71. The summed E-state index contributed by atoms with van der Waals surface area (Å²) in [5.41, 5.74) is 6.12. The zero-order valence-electron chi connectivity index (χ0n) is 8.74. The number of aromatic nitrogens is 1. The molecule has 0 saturated heterocycles. The quantitative estimate of drug-likeness (QED) is 0.811. The average Bonchev–Trinajstić information content (AvgIpc) is 2.49. The summed E-state index contributed by atoms with van der Waals surface area (Å²) < 4.78 is 0. The van der Waals surface area contributed by atoms with E-state index in [2.05, 4.69) is 25.8 Å². The lowest BCUT2D eigenvalue weighted by molar-refractivity contribution is 0.355. The van der Waals surface area contributed by atoms with Crippen LogP contribution in [0.1, 0.15) is 36.7 Å². The Morgan fingerprint density at radius 3 is 2.38 bits per heavy atom. The van der Waals surface area contributed by atoms with Gasteiger partial charge in [-0.05, 0) is 18.8 Å². The van der Waals surface area contributed by atoms with Crippen LogP contribution < -0.4 is 5.73 Å². The molecule has 2 nitrogen and oxygen atoms in total. The molecule has 0 fully saturated rings. The Morgan fingerprint density at radius 1 is 1.38 bits per heavy atom. The molecule has 0 bridgehead atoms. The Bertz CT molecular complexity index is 268. The molecule has 0 aromatic carbocycles. The molecule has 0 saturated carbocycles. The van der Waals surface area contributed by atoms with Gasteiger partial charge in [0.1, 0.15) is 0 Å². The van der Waals surface area contributed by atoms with Crippen LogP contribution in [-0.4, -0.2) is 4.98 Å². The molecule has 2 unspecified atom stereocenters. The maximum Gasteiger partial charge on any atom is 0.0897 e. The van der Waals surface area contributed by atoms with Gasteiger partial charge >= 0.3 is 0 Å². The number of hydrogen-bond acceptors (Lipinski definition) is 3. The second-order valence-electron chi connectivity index (χ2n) is 3.91. The van der Waals surface area contributed by atoms with Crippen molar-refractivity contribution in [3.63, 3.8) is 0 Å². The third-order valence-corrected chi connectivity index (χ3v) is 3.60. The highest BCUT2D eigenvalue weighted by Crippen LogP contribution is 2.28. The molecule has 1 heterocycles. The zero-order valence-corrected chi connectivity index (χ0v) is 9.56. The lowest BCUT2D eigenvalue weighted by Crippen LogP contribution is -2.22. The Kier molecular flexibility index (Phi) is 3.45. The fraction of sp³-hybridized carbons (Fsp3) is 0.700. The maximum atomic E-state index is 6.12. The van der Waals surface area contributed by atoms with Crippen molar-refractivity contribution in [2.75, 3.05) is 0 Å². The second kappa shape index (κ2) is 4.20. The fourth-order valence-electron chi connectivity index (χ4n) is 1.21. The van der Waals surface area contributed by atoms with Crippen molar-refractivity contribution in [3.05, 3.63) is 16.1 Å². The zero-order chi connectivity index (χ0) is 10.0. The molecule has 2 atom stereocenters. The summed E-state index contributed by atoms with van der Waals surface area (Å²) in [6, 6.07) is 0.145. The Morgan fingerprint density at radius 2 is 2.00 bits per heavy atom. The van der Waals surface area contributed by atoms with Crippen molar-refractivity contribution in [3.8, 4) is 0 Å². The first-order valence-corrected chi connectivity index (χ1v) is 5.52. The van der Waals surface area contributed by atoms with E-state index in [4.69, 9.17) is 5.73 Å². The highest BCUT2D eigenvalue weighted by atomic mass is 32.1. The van der Waals surface area contributed by atoms with Crippen LogP contribution in [0.3, 0.4) is 0 Å². The molecule has 0 radical (unpaired) electrons. The molecule has 74 valence electrons. The number of hydrogen-bond donors (Lipinski definition) is 1. The highest BCUT2D eigenvalue weighted by molar-refractivity contribution is 7.11. The third kappa shape index (κ3) is 2.51. The maximum absolute atomic E-state index is 6.12. The average molecular weight is 198 g/mol. The molecule has 0 amide bonds. The first-order valence-electron chi connectivity index (χ1n) is 4.70. The van der Waals surface area contributed by atoms with Crippen LogP contribution in [0.2, 0.25) is 0 Å². The minimum atomic E-state index is 0.145. The van der Waals surface area contributed by atoms with E-state index in [9.17, 15) is 0 Å². The molecule has 1 rings (SSSR count). The monoisotopic (exact) mass is 198 g/mol. The number of thiazole rings is 1. The molecule has 0 aliphatic heterocycles. The summed E-state index contributed by atoms with van der Waals surface area (Å²) in [6.45, 7) is 8.63. The smallest absolute Gasteiger partial charge is 0.0897 e. The van der Waals surface area contributed by atoms with Gasteiger partial charge in [-0.2, -0.15) is 0 Å². The lowest BCUT2D eigenvalue weighted by Gasteiger charge is -2.21. The molecule has 1 aromatic rings. The first kappa shape index (κ1) is 10.7. The van der Waals surface area contributed by atoms with Crippen LogP contribution in [0.4, 0.5) is 0 Å². The molecule has 3 heteroatoms. The minimum Gasteiger partial charge on any atom is -0.323 e. The van der Waals surface area contributed by atoms with Crippen LogP contribution >= 0.6 is 11.3 Å². The van der Waals surface area contributed by atoms with E-state index < -0.39 is 0 Å². The topological polar surface area (TPSA) is 38.9 Å². The summed E-state index contributed by atoms with van der Waals surface area (Å²) in [6.07, 6.45) is 1.91. The van der Waals surface area contributed by atoms with Gasteiger partial charge in [-0.3, -0.25) is 0 Å². The first-order chi connectivity index (χ1) is 6.02. The van der Waals surface area contributed by atoms with E-state index in [1.807, 2.05) is 13.1 Å². The predicted molar refractivity (Wildman–Crippen MR) is 57.8 cm³/mol. The van der Waals surface area contributed by atoms with Crippen molar-refractivity contribution < 1.29 is 0 Å². The highest BCUT2D eigenvalue weighted by Gasteiger charge is 2.19. The van der Waals surface area contributed by atoms with Crippen molar-refractivity contribution in [1.82, 2.24) is 4.98 Å². The summed E-state index contributed by atoms with van der Waals surface area (Å²) in [7, 11) is 0. The van der Waals surface area contributed by atoms with Crippen LogP contribution in [0.15, 0.2) is 6.20 Å². The summed E-state index contributed by atoms with van der Waals surface area (Å²) in [5, 5.41) is 1.10. The Hall–Kier alpha value is -0.410. The SMILES string of the molecule is Cc1ncc(C(N)C(C)C(C)C)s1. The van der Waals surface area contributed by atoms with Crippen molar-refractivity contribution in [2.24, 2.45) is 17.6 Å². The van der Waals surface area contributed by atoms with E-state index in [1.165, 1.54) is 4.88 Å². The Labute approximate surface area is 84.2 Å². The largest absolute Gasteiger partial charge is 0.323 e. The summed E-state index contributed by atoms with van der Waals surface area (Å²) in [5.74, 6) is 1.14. The van der Waals surface area contributed by atoms with Crippen molar-refractivity contribution in [1.29, 1.82) is 0 Å². The fourth-order valence-corrected chi connectivity index (χ4v) is 2.11. The van der Waals surface area contributed by atoms with E-state index in [-0.39, 0.29) is 6.04 Å². The van der Waals surface area contributed by atoms with Gasteiger partial charge in [-0.25, -0.2) is 4.98 Å². The molecule has 0 aliphatic rings. The van der Waals surface area contributed by atoms with Gasteiger partial charge in [0.15, 0.2) is 0 Å². The molecular weight excluding hydrogens is 180 g/mol. The van der Waals surface area contributed by atoms with E-state index in [0.29, 0.717) is 11.8 Å². The number of rotatable bonds is 3. The van der Waals surface area contributed by atoms with E-state index in [0.717, 1.165) is 5.01 Å². The normalized spacial score (nSPS) is 16.2. The van der Waals surface area contributed by atoms with Crippen molar-refractivity contribution >= 4 is 11.3 Å². The molecule has 0 aliphatic carbocycles. The molecule has 13 heavy (non-hydrogen) atoms. The van der Waals surface area contributed by atoms with Gasteiger partial charge in [0.2, 0.25) is 0 Å². The molecule has 1 aromatic heterocycles. The van der Waals surface area contributed by atoms with Crippen molar-refractivity contribution in [2.45, 2.75) is 33.7 Å². The minimum absolute atomic E-state index is 0.145. The second-order valence-corrected chi connectivity index (χ2v) is 5.18. The number of aryl methyl sites for hydroxylation is 1. The Balaban J connectivity index is 2.73. The third-order valence-electron chi connectivity index (χ3n) is 2.59. The van der Waals surface area contributed by atoms with Crippen LogP contribution in [-0.2, 0) is 0 Å². The van der Waals surface area contributed by atoms with E-state index >= 15 is 0 Å². The molecule has 0 spiro atoms. The lowest BCUT2D eigenvalue weighted by atomic mass is 9.90. The van der Waals surface area contributed by atoms with Gasteiger partial charge in [-0.15, -0.1) is 11.3 Å². The van der Waals surface area contributed by atoms with Gasteiger partial charge in [-0.1, -0.05) is 20.8 Å². The number of nitrogens with zero attached hydrogens (tertiary/aromatic N) is 1. The standard InChI is InChI=1S/C10H18N2S/c1-6(2)7(3)10(11)9-5-12-8(4)13-9/h5-7,10H,11H2,1-4H3. The molecular formula is C10H18N2S. The van der Waals surface area contributed by atoms with Gasteiger partial charge in [0.25, 0.3) is 0 Å². The van der Waals surface area contributed by atoms with E-state index in [1.54, 1.807) is 11.3 Å². The van der Waals surface area contributed by atoms with Crippen LogP contribution in [0.5, 0.6) is 0 Å². The van der Waals surface area contributed by atoms with Crippen LogP contribution in [0, 0.1) is 18.8 Å². The number of nitrogens with two attached hydrogens (primary N) is 1. The summed E-state index contributed by atoms with van der Waals surface area (Å²) in [4.78, 5) is 5.43. The van der Waals surface area contributed by atoms with Gasteiger partial charge in [0, 0.05) is 17.1 Å².